The van der Waals surface area contributed by atoms with Crippen LogP contribution in [0.1, 0.15) is 20.3 Å². The number of thiol groups is 3. The zero-order valence-corrected chi connectivity index (χ0v) is 22.4. The Labute approximate surface area is 211 Å². The SMILES string of the molecule is CCC(=O)[C@H](C)NCN[C@@H](CS)C(=O)CSSCC(=O)[C@H](CS)NC(=O)C(=O)CSS. The van der Waals surface area contributed by atoms with Gasteiger partial charge in [0.25, 0.3) is 5.91 Å². The van der Waals surface area contributed by atoms with E-state index in [1.54, 1.807) is 13.8 Å². The van der Waals surface area contributed by atoms with E-state index in [1.165, 1.54) is 21.6 Å². The van der Waals surface area contributed by atoms with Crippen LogP contribution in [0.15, 0.2) is 0 Å². The van der Waals surface area contributed by atoms with Crippen LogP contribution in [0.3, 0.4) is 0 Å². The van der Waals surface area contributed by atoms with Crippen molar-refractivity contribution >= 4 is 98.3 Å². The number of carbonyl (C=O) groups is 5. The second-order valence-electron chi connectivity index (χ2n) is 6.22. The van der Waals surface area contributed by atoms with Crippen molar-refractivity contribution in [1.29, 1.82) is 0 Å². The van der Waals surface area contributed by atoms with Crippen molar-refractivity contribution in [3.63, 3.8) is 0 Å². The maximum atomic E-state index is 12.3. The van der Waals surface area contributed by atoms with Gasteiger partial charge in [-0.05, 0) is 6.92 Å². The third-order valence-electron chi connectivity index (χ3n) is 3.97. The van der Waals surface area contributed by atoms with Gasteiger partial charge in [-0.3, -0.25) is 34.6 Å². The molecule has 14 heteroatoms. The van der Waals surface area contributed by atoms with E-state index in [0.717, 1.165) is 10.8 Å². The van der Waals surface area contributed by atoms with E-state index in [1.807, 2.05) is 0 Å². The molecule has 0 aromatic rings. The summed E-state index contributed by atoms with van der Waals surface area (Å²) in [5.74, 6) is -1.29. The molecule has 0 aromatic heterocycles. The van der Waals surface area contributed by atoms with Crippen LogP contribution < -0.4 is 16.0 Å². The molecular weight excluding hydrogens is 519 g/mol. The highest BCUT2D eigenvalue weighted by Gasteiger charge is 2.23. The molecule has 0 saturated carbocycles. The van der Waals surface area contributed by atoms with E-state index in [0.29, 0.717) is 18.8 Å². The highest BCUT2D eigenvalue weighted by molar-refractivity contribution is 8.77. The molecule has 1 amide bonds. The number of carbonyl (C=O) groups excluding carboxylic acids is 5. The Morgan fingerprint density at radius 2 is 1.39 bits per heavy atom. The monoisotopic (exact) mass is 547 g/mol. The molecule has 0 spiro atoms. The van der Waals surface area contributed by atoms with Crippen LogP contribution >= 0.6 is 69.3 Å². The maximum Gasteiger partial charge on any atom is 0.288 e. The van der Waals surface area contributed by atoms with Gasteiger partial charge in [0.05, 0.1) is 35.4 Å². The molecule has 0 aromatic carbocycles. The number of hydrogen-bond donors (Lipinski definition) is 6. The Morgan fingerprint density at radius 1 is 0.839 bits per heavy atom. The highest BCUT2D eigenvalue weighted by Crippen LogP contribution is 2.22. The van der Waals surface area contributed by atoms with Gasteiger partial charge in [-0.2, -0.15) is 25.3 Å². The van der Waals surface area contributed by atoms with Gasteiger partial charge < -0.3 is 5.32 Å². The minimum Gasteiger partial charge on any atom is -0.339 e. The molecule has 0 radical (unpaired) electrons. The number of hydrogen-bond acceptors (Lipinski definition) is 13. The largest absolute Gasteiger partial charge is 0.339 e. The first-order chi connectivity index (χ1) is 14.7. The zero-order valence-electron chi connectivity index (χ0n) is 17.3. The second-order valence-corrected chi connectivity index (χ2v) is 10.7. The van der Waals surface area contributed by atoms with Crippen molar-refractivity contribution in [3.05, 3.63) is 0 Å². The number of rotatable bonds is 19. The Hall–Kier alpha value is 0.170. The highest BCUT2D eigenvalue weighted by atomic mass is 33.1. The number of amides is 1. The molecule has 0 aliphatic carbocycles. The summed E-state index contributed by atoms with van der Waals surface area (Å²) in [4.78, 5) is 59.3. The summed E-state index contributed by atoms with van der Waals surface area (Å²) < 4.78 is 0. The summed E-state index contributed by atoms with van der Waals surface area (Å²) in [6.45, 7) is 3.86. The summed E-state index contributed by atoms with van der Waals surface area (Å²) in [5, 5.41) is 8.40. The van der Waals surface area contributed by atoms with Gasteiger partial charge in [-0.25, -0.2) is 0 Å². The van der Waals surface area contributed by atoms with E-state index in [-0.39, 0.29) is 46.4 Å². The topological polar surface area (TPSA) is 121 Å². The van der Waals surface area contributed by atoms with E-state index < -0.39 is 23.8 Å². The number of Topliss-reactive ketones (excluding diaryl/α,β-unsaturated/α-hetero) is 4. The Morgan fingerprint density at radius 3 is 1.87 bits per heavy atom. The maximum absolute atomic E-state index is 12.3. The lowest BCUT2D eigenvalue weighted by Gasteiger charge is -2.18. The third-order valence-corrected chi connectivity index (χ3v) is 7.66. The smallest absolute Gasteiger partial charge is 0.288 e. The quantitative estimate of drug-likeness (QED) is 0.0457. The summed E-state index contributed by atoms with van der Waals surface area (Å²) in [6, 6.07) is -1.65. The molecule has 0 unspecified atom stereocenters. The zero-order chi connectivity index (χ0) is 23.8. The lowest BCUT2D eigenvalue weighted by Crippen LogP contribution is -2.47. The van der Waals surface area contributed by atoms with Gasteiger partial charge in [-0.1, -0.05) is 39.3 Å². The Balaban J connectivity index is 4.29. The van der Waals surface area contributed by atoms with E-state index >= 15 is 0 Å². The fourth-order valence-corrected chi connectivity index (χ4v) is 5.25. The second kappa shape index (κ2) is 18.6. The minimum absolute atomic E-state index is 0.0517. The first-order valence-electron chi connectivity index (χ1n) is 9.32. The molecule has 178 valence electrons. The first kappa shape index (κ1) is 31.2. The van der Waals surface area contributed by atoms with Crippen molar-refractivity contribution in [1.82, 2.24) is 16.0 Å². The van der Waals surface area contributed by atoms with Crippen molar-refractivity contribution in [2.24, 2.45) is 0 Å². The summed E-state index contributed by atoms with van der Waals surface area (Å²) >= 11 is 12.1. The third kappa shape index (κ3) is 13.5. The summed E-state index contributed by atoms with van der Waals surface area (Å²) in [6.07, 6.45) is 0.443. The van der Waals surface area contributed by atoms with Crippen LogP contribution in [-0.4, -0.2) is 82.6 Å². The molecule has 3 N–H and O–H groups in total. The molecule has 8 nitrogen and oxygen atoms in total. The molecule has 0 saturated heterocycles. The lowest BCUT2D eigenvalue weighted by molar-refractivity contribution is -0.137. The average molecular weight is 548 g/mol. The van der Waals surface area contributed by atoms with Gasteiger partial charge in [-0.15, -0.1) is 11.7 Å². The van der Waals surface area contributed by atoms with Gasteiger partial charge >= 0.3 is 0 Å². The molecule has 0 aliphatic heterocycles. The standard InChI is InChI=1S/C17H29N3O5S6/c1-3-13(21)10(2)18-9-19-11(4-26)14(22)7-30-31-8-15(23)12(5-27)20-17(25)16(24)6-29-28/h10-12,18-19,26-28H,3-9H2,1-2H3,(H,20,25)/t10-,11-,12-/m0/s1. The molecule has 0 aliphatic rings. The molecule has 0 rings (SSSR count). The van der Waals surface area contributed by atoms with Gasteiger partial charge in [0.2, 0.25) is 5.78 Å². The van der Waals surface area contributed by atoms with Crippen LogP contribution in [0.25, 0.3) is 0 Å². The van der Waals surface area contributed by atoms with Crippen molar-refractivity contribution in [2.75, 3.05) is 35.4 Å². The molecule has 0 fully saturated rings. The predicted molar refractivity (Wildman–Crippen MR) is 141 cm³/mol. The van der Waals surface area contributed by atoms with Crippen LogP contribution in [0.4, 0.5) is 0 Å². The minimum atomic E-state index is -0.876. The molecule has 31 heavy (non-hydrogen) atoms. The van der Waals surface area contributed by atoms with Crippen LogP contribution in [-0.2, 0) is 24.0 Å². The Kier molecular flexibility index (Phi) is 18.7. The number of nitrogens with one attached hydrogen (secondary N) is 3. The molecule has 0 heterocycles. The molecular formula is C17H29N3O5S6. The van der Waals surface area contributed by atoms with E-state index in [2.05, 4.69) is 52.9 Å². The lowest BCUT2D eigenvalue weighted by atomic mass is 10.2. The van der Waals surface area contributed by atoms with Gasteiger partial charge in [0.15, 0.2) is 11.6 Å². The van der Waals surface area contributed by atoms with Crippen LogP contribution in [0, 0.1) is 0 Å². The fourth-order valence-electron chi connectivity index (χ4n) is 2.03. The van der Waals surface area contributed by atoms with Gasteiger partial charge in [0, 0.05) is 24.6 Å². The normalized spacial score (nSPS) is 13.8. The first-order valence-corrected chi connectivity index (χ1v) is 15.1. The van der Waals surface area contributed by atoms with Crippen molar-refractivity contribution in [3.8, 4) is 0 Å². The summed E-state index contributed by atoms with van der Waals surface area (Å²) in [5.41, 5.74) is 0. The van der Waals surface area contributed by atoms with E-state index in [9.17, 15) is 24.0 Å². The van der Waals surface area contributed by atoms with Crippen molar-refractivity contribution < 1.29 is 24.0 Å². The van der Waals surface area contributed by atoms with E-state index in [4.69, 9.17) is 0 Å². The molecule has 3 atom stereocenters. The fraction of sp³-hybridized carbons (Fsp3) is 0.706. The number of ketones is 4. The molecule has 0 bridgehead atoms. The van der Waals surface area contributed by atoms with Gasteiger partial charge in [0.1, 0.15) is 5.78 Å². The van der Waals surface area contributed by atoms with Crippen LogP contribution in [0.5, 0.6) is 0 Å². The predicted octanol–water partition coefficient (Wildman–Crippen LogP) is 0.870. The van der Waals surface area contributed by atoms with Crippen molar-refractivity contribution in [2.45, 2.75) is 38.4 Å². The summed E-state index contributed by atoms with van der Waals surface area (Å²) in [7, 11) is 3.34. The Bertz CT molecular complexity index is 625. The van der Waals surface area contributed by atoms with Crippen LogP contribution in [0.2, 0.25) is 0 Å². The average Bonchev–Trinajstić information content (AvgIpc) is 2.76.